The number of benzene rings is 1. The van der Waals surface area contributed by atoms with Crippen LogP contribution in [-0.4, -0.2) is 35.3 Å². The first kappa shape index (κ1) is 20.1. The van der Waals surface area contributed by atoms with Gasteiger partial charge in [0.1, 0.15) is 11.3 Å². The summed E-state index contributed by atoms with van der Waals surface area (Å²) in [4.78, 5) is 39.9. The van der Waals surface area contributed by atoms with Gasteiger partial charge in [-0.25, -0.2) is 19.4 Å². The number of esters is 3. The summed E-state index contributed by atoms with van der Waals surface area (Å²) >= 11 is 0. The minimum Gasteiger partial charge on any atom is -0.462 e. The van der Waals surface area contributed by atoms with E-state index in [1.807, 2.05) is 0 Å². The predicted molar refractivity (Wildman–Crippen MR) is 101 cm³/mol. The molecule has 1 aliphatic heterocycles. The van der Waals surface area contributed by atoms with Crippen LogP contribution in [0.4, 0.5) is 0 Å². The molecule has 0 spiro atoms. The van der Waals surface area contributed by atoms with Crippen molar-refractivity contribution in [1.29, 1.82) is 0 Å². The maximum atomic E-state index is 12.0. The number of cyclic esters (lactones) is 2. The molecule has 0 bridgehead atoms. The molecule has 0 atom stereocenters. The smallest absolute Gasteiger partial charge is 0.348 e. The van der Waals surface area contributed by atoms with Crippen molar-refractivity contribution >= 4 is 24.0 Å². The highest BCUT2D eigenvalue weighted by Gasteiger charge is 2.38. The highest BCUT2D eigenvalue weighted by Crippen LogP contribution is 2.25. The minimum absolute atomic E-state index is 0.193. The second-order valence-electron chi connectivity index (χ2n) is 6.51. The molecule has 8 nitrogen and oxygen atoms in total. The lowest BCUT2D eigenvalue weighted by atomic mass is 10.1. The van der Waals surface area contributed by atoms with Gasteiger partial charge in [-0.3, -0.25) is 0 Å². The highest BCUT2D eigenvalue weighted by molar-refractivity contribution is 6.18. The third-order valence-corrected chi connectivity index (χ3v) is 3.78. The van der Waals surface area contributed by atoms with Crippen LogP contribution in [0.25, 0.3) is 6.08 Å². The average molecular weight is 397 g/mol. The van der Waals surface area contributed by atoms with Gasteiger partial charge in [0.25, 0.3) is 5.79 Å². The maximum Gasteiger partial charge on any atom is 0.348 e. The zero-order valence-corrected chi connectivity index (χ0v) is 16.1. The summed E-state index contributed by atoms with van der Waals surface area (Å²) in [5.41, 5.74) is 0.714. The van der Waals surface area contributed by atoms with Gasteiger partial charge in [0.2, 0.25) is 5.88 Å². The summed E-state index contributed by atoms with van der Waals surface area (Å²) < 4.78 is 20.7. The van der Waals surface area contributed by atoms with Crippen molar-refractivity contribution < 1.29 is 33.3 Å². The zero-order valence-electron chi connectivity index (χ0n) is 16.1. The van der Waals surface area contributed by atoms with Gasteiger partial charge in [-0.2, -0.15) is 0 Å². The predicted octanol–water partition coefficient (Wildman–Crippen LogP) is 3.27. The van der Waals surface area contributed by atoms with Crippen molar-refractivity contribution in [2.75, 3.05) is 6.61 Å². The molecule has 0 saturated carbocycles. The van der Waals surface area contributed by atoms with E-state index in [0.717, 1.165) is 0 Å². The number of hydrogen-bond donors (Lipinski definition) is 0. The number of rotatable bonds is 5. The van der Waals surface area contributed by atoms with Crippen LogP contribution in [0.5, 0.6) is 11.6 Å². The first-order valence-electron chi connectivity index (χ1n) is 8.87. The molecular weight excluding hydrogens is 378 g/mol. The summed E-state index contributed by atoms with van der Waals surface area (Å²) in [6.45, 7) is 4.96. The number of carbonyl (C=O) groups excluding carboxylic acids is 3. The van der Waals surface area contributed by atoms with Gasteiger partial charge >= 0.3 is 17.9 Å². The molecule has 29 heavy (non-hydrogen) atoms. The molecule has 1 aromatic carbocycles. The molecule has 0 radical (unpaired) electrons. The average Bonchev–Trinajstić information content (AvgIpc) is 2.66. The first-order valence-corrected chi connectivity index (χ1v) is 8.87. The molecule has 1 aliphatic rings. The van der Waals surface area contributed by atoms with Crippen molar-refractivity contribution in [3.63, 3.8) is 0 Å². The largest absolute Gasteiger partial charge is 0.462 e. The quantitative estimate of drug-likeness (QED) is 0.430. The van der Waals surface area contributed by atoms with Crippen LogP contribution >= 0.6 is 0 Å². The number of pyridine rings is 1. The van der Waals surface area contributed by atoms with Crippen molar-refractivity contribution in [1.82, 2.24) is 4.98 Å². The van der Waals surface area contributed by atoms with E-state index in [4.69, 9.17) is 18.9 Å². The molecule has 1 aromatic heterocycles. The SMILES string of the molecule is CCOC(=O)c1ccnc(Oc2ccc(C=C3C(=O)OC(C)(C)OC3=O)cc2)c1. The Morgan fingerprint density at radius 3 is 2.38 bits per heavy atom. The Morgan fingerprint density at radius 2 is 1.76 bits per heavy atom. The first-order chi connectivity index (χ1) is 13.8. The van der Waals surface area contributed by atoms with Gasteiger partial charge in [0.05, 0.1) is 12.2 Å². The molecule has 3 rings (SSSR count). The summed E-state index contributed by atoms with van der Waals surface area (Å²) in [5, 5.41) is 0. The van der Waals surface area contributed by atoms with E-state index in [-0.39, 0.29) is 18.1 Å². The zero-order chi connectivity index (χ0) is 21.0. The lowest BCUT2D eigenvalue weighted by molar-refractivity contribution is -0.222. The fourth-order valence-electron chi connectivity index (χ4n) is 2.50. The Morgan fingerprint density at radius 1 is 1.10 bits per heavy atom. The Kier molecular flexibility index (Phi) is 5.63. The van der Waals surface area contributed by atoms with E-state index in [1.165, 1.54) is 38.3 Å². The Labute approximate surface area is 167 Å². The fourth-order valence-corrected chi connectivity index (χ4v) is 2.50. The van der Waals surface area contributed by atoms with Crippen LogP contribution in [0.3, 0.4) is 0 Å². The van der Waals surface area contributed by atoms with Crippen LogP contribution < -0.4 is 4.74 Å². The molecular formula is C21H19NO7. The molecule has 2 aromatic rings. The molecule has 0 aliphatic carbocycles. The van der Waals surface area contributed by atoms with Crippen LogP contribution in [-0.2, 0) is 23.8 Å². The molecule has 0 N–H and O–H groups in total. The third-order valence-electron chi connectivity index (χ3n) is 3.78. The molecule has 1 fully saturated rings. The normalized spacial score (nSPS) is 15.2. The summed E-state index contributed by atoms with van der Waals surface area (Å²) in [5.74, 6) is -2.55. The number of aromatic nitrogens is 1. The van der Waals surface area contributed by atoms with Gasteiger partial charge < -0.3 is 18.9 Å². The molecule has 0 amide bonds. The highest BCUT2D eigenvalue weighted by atomic mass is 16.7. The second-order valence-corrected chi connectivity index (χ2v) is 6.51. The standard InChI is InChI=1S/C21H19NO7/c1-4-26-18(23)14-9-10-22-17(12-14)27-15-7-5-13(6-8-15)11-16-19(24)28-21(2,3)29-20(16)25/h5-12H,4H2,1-3H3. The number of hydrogen-bond acceptors (Lipinski definition) is 8. The lowest BCUT2D eigenvalue weighted by Gasteiger charge is -2.29. The Balaban J connectivity index is 1.73. The monoisotopic (exact) mass is 397 g/mol. The lowest BCUT2D eigenvalue weighted by Crippen LogP contribution is -2.41. The van der Waals surface area contributed by atoms with E-state index in [0.29, 0.717) is 16.9 Å². The fraction of sp³-hybridized carbons (Fsp3) is 0.238. The third kappa shape index (κ3) is 4.98. The Hall–Kier alpha value is -3.68. The van der Waals surface area contributed by atoms with Gasteiger partial charge in [-0.15, -0.1) is 0 Å². The number of carbonyl (C=O) groups is 3. The van der Waals surface area contributed by atoms with Gasteiger partial charge in [-0.05, 0) is 36.8 Å². The van der Waals surface area contributed by atoms with Crippen molar-refractivity contribution in [2.24, 2.45) is 0 Å². The molecule has 150 valence electrons. The van der Waals surface area contributed by atoms with Crippen LogP contribution in [0.1, 0.15) is 36.7 Å². The summed E-state index contributed by atoms with van der Waals surface area (Å²) in [6, 6.07) is 9.58. The topological polar surface area (TPSA) is 101 Å². The molecule has 8 heteroatoms. The molecule has 1 saturated heterocycles. The van der Waals surface area contributed by atoms with Crippen LogP contribution in [0, 0.1) is 0 Å². The van der Waals surface area contributed by atoms with Gasteiger partial charge in [0.15, 0.2) is 0 Å². The van der Waals surface area contributed by atoms with Crippen molar-refractivity contribution in [3.05, 3.63) is 59.3 Å². The number of nitrogens with zero attached hydrogens (tertiary/aromatic N) is 1. The van der Waals surface area contributed by atoms with E-state index < -0.39 is 23.7 Å². The van der Waals surface area contributed by atoms with Crippen molar-refractivity contribution in [3.8, 4) is 11.6 Å². The summed E-state index contributed by atoms with van der Waals surface area (Å²) in [7, 11) is 0. The minimum atomic E-state index is -1.28. The van der Waals surface area contributed by atoms with E-state index in [9.17, 15) is 14.4 Å². The molecule has 0 unspecified atom stereocenters. The van der Waals surface area contributed by atoms with E-state index in [1.54, 1.807) is 31.2 Å². The van der Waals surface area contributed by atoms with Gasteiger partial charge in [-0.1, -0.05) is 12.1 Å². The van der Waals surface area contributed by atoms with E-state index >= 15 is 0 Å². The Bertz CT molecular complexity index is 955. The number of ether oxygens (including phenoxy) is 4. The van der Waals surface area contributed by atoms with Gasteiger partial charge in [0, 0.05) is 26.1 Å². The van der Waals surface area contributed by atoms with Crippen molar-refractivity contribution in [2.45, 2.75) is 26.6 Å². The van der Waals surface area contributed by atoms with Crippen LogP contribution in [0.2, 0.25) is 0 Å². The second kappa shape index (κ2) is 8.14. The van der Waals surface area contributed by atoms with E-state index in [2.05, 4.69) is 4.98 Å². The van der Waals surface area contributed by atoms with Crippen LogP contribution in [0.15, 0.2) is 48.2 Å². The summed E-state index contributed by atoms with van der Waals surface area (Å²) in [6.07, 6.45) is 2.82. The maximum absolute atomic E-state index is 12.0. The molecule has 2 heterocycles.